The number of nitrogens with zero attached hydrogens (tertiary/aromatic N) is 2. The SMILES string of the molecule is Cc1ccc(-c2nn3cc(C(=O)N[C@@H](c4ccc(F)cc4)C(F)(F)CO)c(C4CC4)c3c(=O)[nH]2)cc1F. The summed E-state index contributed by atoms with van der Waals surface area (Å²) < 4.78 is 58.0. The summed E-state index contributed by atoms with van der Waals surface area (Å²) in [4.78, 5) is 29.0. The largest absolute Gasteiger partial charge is 0.390 e. The van der Waals surface area contributed by atoms with Gasteiger partial charge in [-0.1, -0.05) is 24.3 Å². The van der Waals surface area contributed by atoms with E-state index in [0.29, 0.717) is 29.5 Å². The molecular weight excluding hydrogens is 492 g/mol. The number of aromatic nitrogens is 3. The second kappa shape index (κ2) is 9.15. The van der Waals surface area contributed by atoms with Gasteiger partial charge in [0, 0.05) is 17.3 Å². The smallest absolute Gasteiger partial charge is 0.294 e. The monoisotopic (exact) mass is 514 g/mol. The van der Waals surface area contributed by atoms with Crippen LogP contribution >= 0.6 is 0 Å². The molecule has 0 spiro atoms. The molecule has 192 valence electrons. The molecule has 11 heteroatoms. The molecule has 0 unspecified atom stereocenters. The lowest BCUT2D eigenvalue weighted by molar-refractivity contribution is -0.0785. The van der Waals surface area contributed by atoms with Crippen LogP contribution in [0.25, 0.3) is 16.9 Å². The highest BCUT2D eigenvalue weighted by Gasteiger charge is 2.42. The lowest BCUT2D eigenvalue weighted by Gasteiger charge is -2.26. The zero-order valence-corrected chi connectivity index (χ0v) is 19.6. The molecule has 1 amide bonds. The first-order chi connectivity index (χ1) is 17.6. The van der Waals surface area contributed by atoms with Gasteiger partial charge in [-0.3, -0.25) is 9.59 Å². The van der Waals surface area contributed by atoms with Crippen molar-refractivity contribution in [2.75, 3.05) is 6.61 Å². The van der Waals surface area contributed by atoms with E-state index < -0.39 is 41.7 Å². The van der Waals surface area contributed by atoms with Gasteiger partial charge < -0.3 is 15.4 Å². The van der Waals surface area contributed by atoms with Crippen LogP contribution in [0.4, 0.5) is 17.6 Å². The molecule has 2 aromatic heterocycles. The van der Waals surface area contributed by atoms with Crippen LogP contribution in [0, 0.1) is 18.6 Å². The molecule has 1 atom stereocenters. The number of carbonyl (C=O) groups is 1. The third-order valence-electron chi connectivity index (χ3n) is 6.47. The molecule has 0 bridgehead atoms. The minimum atomic E-state index is -3.76. The number of hydrogen-bond acceptors (Lipinski definition) is 4. The van der Waals surface area contributed by atoms with Gasteiger partial charge in [-0.05, 0) is 55.0 Å². The predicted molar refractivity (Wildman–Crippen MR) is 127 cm³/mol. The number of alkyl halides is 2. The van der Waals surface area contributed by atoms with Crippen LogP contribution in [0.15, 0.2) is 53.5 Å². The Balaban J connectivity index is 1.58. The summed E-state index contributed by atoms with van der Waals surface area (Å²) in [7, 11) is 0. The number of aliphatic hydroxyl groups is 1. The van der Waals surface area contributed by atoms with Gasteiger partial charge in [-0.25, -0.2) is 22.1 Å². The van der Waals surface area contributed by atoms with Crippen molar-refractivity contribution in [2.45, 2.75) is 37.6 Å². The van der Waals surface area contributed by atoms with E-state index in [1.807, 2.05) is 0 Å². The van der Waals surface area contributed by atoms with E-state index in [2.05, 4.69) is 15.4 Å². The van der Waals surface area contributed by atoms with Gasteiger partial charge in [-0.15, -0.1) is 5.10 Å². The van der Waals surface area contributed by atoms with E-state index in [0.717, 1.165) is 24.3 Å². The Morgan fingerprint density at radius 3 is 2.54 bits per heavy atom. The summed E-state index contributed by atoms with van der Waals surface area (Å²) in [5.41, 5.74) is 0.503. The average molecular weight is 514 g/mol. The van der Waals surface area contributed by atoms with Crippen LogP contribution in [-0.4, -0.2) is 38.1 Å². The molecule has 4 aromatic rings. The number of fused-ring (bicyclic) bond motifs is 1. The topological polar surface area (TPSA) is 99.5 Å². The molecule has 2 aromatic carbocycles. The molecule has 2 heterocycles. The Morgan fingerprint density at radius 2 is 1.92 bits per heavy atom. The average Bonchev–Trinajstić information content (AvgIpc) is 3.63. The molecule has 1 aliphatic rings. The Hall–Kier alpha value is -3.99. The molecule has 0 saturated heterocycles. The predicted octanol–water partition coefficient (Wildman–Crippen LogP) is 4.25. The lowest BCUT2D eigenvalue weighted by Crippen LogP contribution is -2.43. The van der Waals surface area contributed by atoms with Crippen molar-refractivity contribution in [2.24, 2.45) is 0 Å². The fraction of sp³-hybridized carbons (Fsp3) is 0.269. The van der Waals surface area contributed by atoms with Crippen LogP contribution in [0.2, 0.25) is 0 Å². The Kier molecular flexibility index (Phi) is 6.10. The first-order valence-electron chi connectivity index (χ1n) is 11.6. The first kappa shape index (κ1) is 24.7. The maximum atomic E-state index is 14.7. The van der Waals surface area contributed by atoms with E-state index in [4.69, 9.17) is 0 Å². The Labute approximate surface area is 207 Å². The minimum absolute atomic E-state index is 0.0198. The number of rotatable bonds is 7. The van der Waals surface area contributed by atoms with Crippen molar-refractivity contribution in [3.8, 4) is 11.4 Å². The highest BCUT2D eigenvalue weighted by molar-refractivity contribution is 5.98. The van der Waals surface area contributed by atoms with Crippen LogP contribution in [0.1, 0.15) is 51.8 Å². The van der Waals surface area contributed by atoms with Gasteiger partial charge in [-0.2, -0.15) is 0 Å². The summed E-state index contributed by atoms with van der Waals surface area (Å²) in [6, 6.07) is 6.54. The van der Waals surface area contributed by atoms with Crippen molar-refractivity contribution in [3.63, 3.8) is 0 Å². The number of aliphatic hydroxyl groups excluding tert-OH is 1. The lowest BCUT2D eigenvalue weighted by atomic mass is 9.99. The molecule has 1 aliphatic carbocycles. The van der Waals surface area contributed by atoms with Crippen molar-refractivity contribution in [3.05, 3.63) is 92.9 Å². The van der Waals surface area contributed by atoms with Gasteiger partial charge in [0.2, 0.25) is 0 Å². The zero-order valence-electron chi connectivity index (χ0n) is 19.6. The third-order valence-corrected chi connectivity index (χ3v) is 6.47. The standard InChI is InChI=1S/C26H22F4N4O3/c1-13-2-3-16(10-19(13)28)23-32-25(37)21-20(14-4-5-14)18(11-34(21)33-23)24(36)31-22(26(29,30)12-35)15-6-8-17(27)9-7-15/h2-3,6-11,14,22,35H,4-5,12H2,1H3,(H,31,36)(H,32,33,37)/t22-/m0/s1. The molecule has 37 heavy (non-hydrogen) atoms. The van der Waals surface area contributed by atoms with Crippen LogP contribution in [0.5, 0.6) is 0 Å². The molecule has 7 nitrogen and oxygen atoms in total. The fourth-order valence-corrected chi connectivity index (χ4v) is 4.34. The van der Waals surface area contributed by atoms with E-state index in [9.17, 15) is 32.3 Å². The summed E-state index contributed by atoms with van der Waals surface area (Å²) in [5.74, 6) is -5.87. The van der Waals surface area contributed by atoms with Crippen molar-refractivity contribution in [1.82, 2.24) is 19.9 Å². The number of halogens is 4. The number of aromatic amines is 1. The van der Waals surface area contributed by atoms with Gasteiger partial charge in [0.15, 0.2) is 5.82 Å². The van der Waals surface area contributed by atoms with Crippen LogP contribution < -0.4 is 10.9 Å². The number of H-pyrrole nitrogens is 1. The van der Waals surface area contributed by atoms with Crippen molar-refractivity contribution < 1.29 is 27.5 Å². The van der Waals surface area contributed by atoms with Crippen molar-refractivity contribution >= 4 is 11.4 Å². The highest BCUT2D eigenvalue weighted by atomic mass is 19.3. The molecule has 0 aliphatic heterocycles. The van der Waals surface area contributed by atoms with E-state index >= 15 is 0 Å². The van der Waals surface area contributed by atoms with Crippen LogP contribution in [-0.2, 0) is 0 Å². The molecule has 1 fully saturated rings. The maximum absolute atomic E-state index is 14.7. The molecule has 0 radical (unpaired) electrons. The van der Waals surface area contributed by atoms with Gasteiger partial charge in [0.25, 0.3) is 17.4 Å². The fourth-order valence-electron chi connectivity index (χ4n) is 4.34. The second-order valence-corrected chi connectivity index (χ2v) is 9.17. The number of aryl methyl sites for hydroxylation is 1. The Morgan fingerprint density at radius 1 is 1.22 bits per heavy atom. The van der Waals surface area contributed by atoms with Gasteiger partial charge >= 0.3 is 0 Å². The van der Waals surface area contributed by atoms with Crippen LogP contribution in [0.3, 0.4) is 0 Å². The molecule has 3 N–H and O–H groups in total. The number of amides is 1. The van der Waals surface area contributed by atoms with E-state index in [-0.39, 0.29) is 28.4 Å². The van der Waals surface area contributed by atoms with Gasteiger partial charge in [0.05, 0.1) is 5.56 Å². The second-order valence-electron chi connectivity index (χ2n) is 9.17. The third kappa shape index (κ3) is 4.62. The van der Waals surface area contributed by atoms with Gasteiger partial charge in [0.1, 0.15) is 29.8 Å². The maximum Gasteiger partial charge on any atom is 0.294 e. The quantitative estimate of drug-likeness (QED) is 0.321. The summed E-state index contributed by atoms with van der Waals surface area (Å²) in [5, 5.41) is 15.9. The van der Waals surface area contributed by atoms with E-state index in [1.54, 1.807) is 13.0 Å². The normalized spacial score (nSPS) is 14.6. The molecule has 1 saturated carbocycles. The molecular formula is C26H22F4N4O3. The summed E-state index contributed by atoms with van der Waals surface area (Å²) in [6.45, 7) is 0.0387. The summed E-state index contributed by atoms with van der Waals surface area (Å²) in [6.07, 6.45) is 2.66. The Bertz CT molecular complexity index is 1560. The number of nitrogens with one attached hydrogen (secondary N) is 2. The first-order valence-corrected chi connectivity index (χ1v) is 11.6. The minimum Gasteiger partial charge on any atom is -0.390 e. The highest BCUT2D eigenvalue weighted by Crippen LogP contribution is 2.44. The zero-order chi connectivity index (χ0) is 26.5. The summed E-state index contributed by atoms with van der Waals surface area (Å²) >= 11 is 0. The van der Waals surface area contributed by atoms with Crippen molar-refractivity contribution in [1.29, 1.82) is 0 Å². The number of benzene rings is 2. The molecule has 5 rings (SSSR count). The number of hydrogen-bond donors (Lipinski definition) is 3. The van der Waals surface area contributed by atoms with E-state index in [1.165, 1.54) is 22.8 Å². The number of carbonyl (C=O) groups excluding carboxylic acids is 1.